The van der Waals surface area contributed by atoms with Gasteiger partial charge in [0.1, 0.15) is 4.88 Å². The number of carbonyl (C=O) groups is 2. The second kappa shape index (κ2) is 9.87. The Kier molecular flexibility index (Phi) is 6.76. The predicted octanol–water partition coefficient (Wildman–Crippen LogP) is 5.92. The summed E-state index contributed by atoms with van der Waals surface area (Å²) in [5.41, 5.74) is 2.60. The molecule has 0 aliphatic heterocycles. The number of carbonyl (C=O) groups excluding carboxylic acids is 2. The van der Waals surface area contributed by atoms with E-state index in [1.54, 1.807) is 34.5 Å². The van der Waals surface area contributed by atoms with Gasteiger partial charge in [-0.3, -0.25) is 9.69 Å². The maximum atomic E-state index is 13.0. The summed E-state index contributed by atoms with van der Waals surface area (Å²) in [6.07, 6.45) is 0. The molecule has 2 aromatic heterocycles. The van der Waals surface area contributed by atoms with Crippen molar-refractivity contribution in [2.24, 2.45) is 0 Å². The van der Waals surface area contributed by atoms with Crippen LogP contribution in [0.2, 0.25) is 5.02 Å². The minimum atomic E-state index is -0.510. The largest absolute Gasteiger partial charge is 0.451 e. The highest BCUT2D eigenvalue weighted by molar-refractivity contribution is 7.14. The van der Waals surface area contributed by atoms with E-state index < -0.39 is 5.97 Å². The molecule has 0 atom stereocenters. The van der Waals surface area contributed by atoms with Gasteiger partial charge in [-0.15, -0.1) is 22.7 Å². The molecule has 5 nitrogen and oxygen atoms in total. The highest BCUT2D eigenvalue weighted by Gasteiger charge is 2.22. The third kappa shape index (κ3) is 5.38. The molecule has 8 heteroatoms. The second-order valence-corrected chi connectivity index (χ2v) is 8.76. The quantitative estimate of drug-likeness (QED) is 0.316. The standard InChI is InChI=1S/C23H17ClN2O3S2/c24-18-10-8-17(9-11-18)19-15-31-23(25-19)26(13-16-5-2-1-3-6-16)21(27)14-29-22(28)20-7-4-12-30-20/h1-12,15H,13-14H2. The smallest absolute Gasteiger partial charge is 0.348 e. The molecule has 0 fully saturated rings. The van der Waals surface area contributed by atoms with Gasteiger partial charge in [-0.2, -0.15) is 0 Å². The van der Waals surface area contributed by atoms with Crippen LogP contribution in [0.5, 0.6) is 0 Å². The van der Waals surface area contributed by atoms with Crippen molar-refractivity contribution >= 4 is 51.3 Å². The molecule has 1 amide bonds. The average molecular weight is 469 g/mol. The van der Waals surface area contributed by atoms with Gasteiger partial charge in [0.2, 0.25) is 0 Å². The summed E-state index contributed by atoms with van der Waals surface area (Å²) >= 11 is 8.60. The van der Waals surface area contributed by atoms with E-state index in [1.165, 1.54) is 22.7 Å². The summed E-state index contributed by atoms with van der Waals surface area (Å²) in [4.78, 5) is 31.8. The number of esters is 1. The topological polar surface area (TPSA) is 59.5 Å². The van der Waals surface area contributed by atoms with Gasteiger partial charge in [0.15, 0.2) is 11.7 Å². The van der Waals surface area contributed by atoms with Crippen molar-refractivity contribution in [3.05, 3.63) is 93.0 Å². The van der Waals surface area contributed by atoms with Gasteiger partial charge < -0.3 is 4.74 Å². The Hall–Kier alpha value is -3.00. The van der Waals surface area contributed by atoms with E-state index in [0.717, 1.165) is 16.8 Å². The monoisotopic (exact) mass is 468 g/mol. The van der Waals surface area contributed by atoms with Crippen LogP contribution in [-0.2, 0) is 16.1 Å². The van der Waals surface area contributed by atoms with E-state index >= 15 is 0 Å². The van der Waals surface area contributed by atoms with E-state index in [2.05, 4.69) is 4.98 Å². The van der Waals surface area contributed by atoms with Crippen molar-refractivity contribution < 1.29 is 14.3 Å². The van der Waals surface area contributed by atoms with Crippen LogP contribution in [0.25, 0.3) is 11.3 Å². The lowest BCUT2D eigenvalue weighted by atomic mass is 10.2. The Morgan fingerprint density at radius 3 is 2.45 bits per heavy atom. The van der Waals surface area contributed by atoms with Crippen LogP contribution in [0.3, 0.4) is 0 Å². The van der Waals surface area contributed by atoms with Crippen LogP contribution in [0.4, 0.5) is 5.13 Å². The first kappa shape index (κ1) is 21.2. The van der Waals surface area contributed by atoms with E-state index in [0.29, 0.717) is 21.6 Å². The van der Waals surface area contributed by atoms with E-state index in [-0.39, 0.29) is 12.5 Å². The molecule has 2 heterocycles. The first-order valence-corrected chi connectivity index (χ1v) is 11.5. The van der Waals surface area contributed by atoms with E-state index in [9.17, 15) is 9.59 Å². The molecule has 0 radical (unpaired) electrons. The van der Waals surface area contributed by atoms with E-state index in [4.69, 9.17) is 16.3 Å². The second-order valence-electron chi connectivity index (χ2n) is 6.54. The Morgan fingerprint density at radius 2 is 1.74 bits per heavy atom. The average Bonchev–Trinajstić information content (AvgIpc) is 3.49. The molecule has 4 rings (SSSR count). The number of hydrogen-bond donors (Lipinski definition) is 0. The summed E-state index contributed by atoms with van der Waals surface area (Å²) in [5.74, 6) is -0.852. The number of aromatic nitrogens is 1. The number of hydrogen-bond acceptors (Lipinski definition) is 6. The van der Waals surface area contributed by atoms with Crippen molar-refractivity contribution in [2.45, 2.75) is 6.54 Å². The van der Waals surface area contributed by atoms with Crippen LogP contribution in [0, 0.1) is 0 Å². The normalized spacial score (nSPS) is 10.6. The minimum Gasteiger partial charge on any atom is -0.451 e. The van der Waals surface area contributed by atoms with Gasteiger partial charge in [-0.25, -0.2) is 9.78 Å². The van der Waals surface area contributed by atoms with Gasteiger partial charge in [0.05, 0.1) is 12.2 Å². The minimum absolute atomic E-state index is 0.323. The molecular weight excluding hydrogens is 452 g/mol. The Labute approximate surface area is 192 Å². The highest BCUT2D eigenvalue weighted by atomic mass is 35.5. The Balaban J connectivity index is 1.54. The van der Waals surface area contributed by atoms with Gasteiger partial charge >= 0.3 is 5.97 Å². The number of anilines is 1. The fourth-order valence-corrected chi connectivity index (χ4v) is 4.43. The fourth-order valence-electron chi connectivity index (χ4n) is 2.84. The van der Waals surface area contributed by atoms with E-state index in [1.807, 2.05) is 47.8 Å². The van der Waals surface area contributed by atoms with Crippen LogP contribution >= 0.6 is 34.3 Å². The maximum Gasteiger partial charge on any atom is 0.348 e. The van der Waals surface area contributed by atoms with Crippen molar-refractivity contribution in [3.8, 4) is 11.3 Å². The molecule has 0 N–H and O–H groups in total. The molecule has 31 heavy (non-hydrogen) atoms. The molecule has 0 bridgehead atoms. The summed E-state index contributed by atoms with van der Waals surface area (Å²) in [7, 11) is 0. The lowest BCUT2D eigenvalue weighted by molar-refractivity contribution is -0.121. The van der Waals surface area contributed by atoms with Crippen LogP contribution in [0.1, 0.15) is 15.2 Å². The maximum absolute atomic E-state index is 13.0. The molecule has 0 aliphatic carbocycles. The summed E-state index contributed by atoms with van der Waals surface area (Å²) in [6.45, 7) is -0.0385. The molecule has 156 valence electrons. The van der Waals surface area contributed by atoms with Crippen molar-refractivity contribution in [2.75, 3.05) is 11.5 Å². The van der Waals surface area contributed by atoms with Gasteiger partial charge in [-0.05, 0) is 29.1 Å². The number of thiazole rings is 1. The van der Waals surface area contributed by atoms with Crippen molar-refractivity contribution in [3.63, 3.8) is 0 Å². The van der Waals surface area contributed by atoms with Crippen molar-refractivity contribution in [1.29, 1.82) is 0 Å². The number of thiophene rings is 1. The zero-order valence-electron chi connectivity index (χ0n) is 16.2. The number of rotatable bonds is 7. The molecular formula is C23H17ClN2O3S2. The lowest BCUT2D eigenvalue weighted by Crippen LogP contribution is -2.34. The first-order valence-electron chi connectivity index (χ1n) is 9.36. The summed E-state index contributed by atoms with van der Waals surface area (Å²) in [5, 5.41) is 4.86. The molecule has 0 saturated carbocycles. The number of halogens is 1. The molecule has 0 spiro atoms. The van der Waals surface area contributed by atoms with Gasteiger partial charge in [-0.1, -0.05) is 60.1 Å². The SMILES string of the molecule is O=C(OCC(=O)N(Cc1ccccc1)c1nc(-c2ccc(Cl)cc2)cs1)c1cccs1. The zero-order valence-corrected chi connectivity index (χ0v) is 18.6. The number of ether oxygens (including phenoxy) is 1. The third-order valence-corrected chi connectivity index (χ3v) is 6.36. The fraction of sp³-hybridized carbons (Fsp3) is 0.0870. The molecule has 0 saturated heterocycles. The highest BCUT2D eigenvalue weighted by Crippen LogP contribution is 2.29. The lowest BCUT2D eigenvalue weighted by Gasteiger charge is -2.20. The van der Waals surface area contributed by atoms with Crippen LogP contribution < -0.4 is 4.90 Å². The molecule has 2 aromatic carbocycles. The number of amides is 1. The number of benzene rings is 2. The Bertz CT molecular complexity index is 1160. The predicted molar refractivity (Wildman–Crippen MR) is 125 cm³/mol. The summed E-state index contributed by atoms with van der Waals surface area (Å²) < 4.78 is 5.24. The van der Waals surface area contributed by atoms with Crippen LogP contribution in [0.15, 0.2) is 77.5 Å². The van der Waals surface area contributed by atoms with Gasteiger partial charge in [0.25, 0.3) is 5.91 Å². The van der Waals surface area contributed by atoms with Crippen molar-refractivity contribution in [1.82, 2.24) is 4.98 Å². The molecule has 0 aliphatic rings. The number of nitrogens with zero attached hydrogens (tertiary/aromatic N) is 2. The molecule has 0 unspecified atom stereocenters. The Morgan fingerprint density at radius 1 is 0.968 bits per heavy atom. The first-order chi connectivity index (χ1) is 15.1. The van der Waals surface area contributed by atoms with Crippen LogP contribution in [-0.4, -0.2) is 23.5 Å². The van der Waals surface area contributed by atoms with Gasteiger partial charge in [0, 0.05) is 16.0 Å². The zero-order chi connectivity index (χ0) is 21.6. The summed E-state index contributed by atoms with van der Waals surface area (Å²) in [6, 6.07) is 20.4. The molecule has 4 aromatic rings. The third-order valence-electron chi connectivity index (χ3n) is 4.40.